The van der Waals surface area contributed by atoms with Gasteiger partial charge in [-0.05, 0) is 12.8 Å². The van der Waals surface area contributed by atoms with Gasteiger partial charge >= 0.3 is 0 Å². The molecule has 1 heteroatoms. The summed E-state index contributed by atoms with van der Waals surface area (Å²) < 4.78 is 5.38. The molecule has 0 saturated heterocycles. The molecule has 0 spiro atoms. The minimum Gasteiger partial charge on any atom is -0.376 e. The largest absolute Gasteiger partial charge is 0.376 e. The highest BCUT2D eigenvalue weighted by Crippen LogP contribution is 2.08. The molecule has 0 rings (SSSR count). The summed E-state index contributed by atoms with van der Waals surface area (Å²) in [4.78, 5) is 0. The van der Waals surface area contributed by atoms with Crippen LogP contribution in [0.3, 0.4) is 0 Å². The molecule has 0 aliphatic carbocycles. The van der Waals surface area contributed by atoms with E-state index in [9.17, 15) is 0 Å². The van der Waals surface area contributed by atoms with Gasteiger partial charge in [-0.3, -0.25) is 0 Å². The van der Waals surface area contributed by atoms with E-state index in [1.165, 1.54) is 51.4 Å². The Balaban J connectivity index is 2.78. The van der Waals surface area contributed by atoms with E-state index < -0.39 is 0 Å². The van der Waals surface area contributed by atoms with Crippen molar-refractivity contribution >= 4 is 0 Å². The first-order chi connectivity index (χ1) is 6.91. The first-order valence-corrected chi connectivity index (χ1v) is 6.35. The fourth-order valence-electron chi connectivity index (χ4n) is 1.40. The van der Waals surface area contributed by atoms with Gasteiger partial charge < -0.3 is 4.74 Å². The molecule has 0 unspecified atom stereocenters. The van der Waals surface area contributed by atoms with Crippen LogP contribution in [0.25, 0.3) is 0 Å². The van der Waals surface area contributed by atoms with Crippen molar-refractivity contribution < 1.29 is 4.74 Å². The molecular weight excluding hydrogens is 172 g/mol. The van der Waals surface area contributed by atoms with E-state index in [4.69, 9.17) is 4.74 Å². The maximum absolute atomic E-state index is 5.38. The zero-order valence-corrected chi connectivity index (χ0v) is 10.1. The lowest BCUT2D eigenvalue weighted by atomic mass is 10.1. The number of unbranched alkanes of at least 4 members (excludes halogenated alkanes) is 7. The molecular formula is C13H27O. The minimum atomic E-state index is 0.909. The second-order valence-corrected chi connectivity index (χ2v) is 3.95. The molecule has 0 fully saturated rings. The van der Waals surface area contributed by atoms with Gasteiger partial charge in [0.1, 0.15) is 0 Å². The topological polar surface area (TPSA) is 9.23 Å². The molecule has 0 saturated carbocycles. The molecule has 0 N–H and O–H groups in total. The second-order valence-electron chi connectivity index (χ2n) is 3.95. The highest BCUT2D eigenvalue weighted by molar-refractivity contribution is 4.52. The van der Waals surface area contributed by atoms with Crippen LogP contribution in [0.5, 0.6) is 0 Å². The van der Waals surface area contributed by atoms with Crippen LogP contribution in [0.4, 0.5) is 0 Å². The van der Waals surface area contributed by atoms with Crippen LogP contribution >= 0.6 is 0 Å². The van der Waals surface area contributed by atoms with E-state index in [2.05, 4.69) is 13.8 Å². The summed E-state index contributed by atoms with van der Waals surface area (Å²) in [7, 11) is 0. The van der Waals surface area contributed by atoms with E-state index in [0.717, 1.165) is 13.0 Å². The van der Waals surface area contributed by atoms with Crippen molar-refractivity contribution in [1.29, 1.82) is 0 Å². The molecule has 0 aromatic heterocycles. The Kier molecular flexibility index (Phi) is 12.9. The zero-order chi connectivity index (χ0) is 10.5. The van der Waals surface area contributed by atoms with Crippen LogP contribution in [-0.2, 0) is 4.74 Å². The standard InChI is InChI=1S/C13H27O/c1-3-5-7-8-9-10-11-13-14-12-6-4-2/h13H,3-12H2,1-2H3. The van der Waals surface area contributed by atoms with Crippen LogP contribution in [0.1, 0.15) is 71.6 Å². The highest BCUT2D eigenvalue weighted by Gasteiger charge is 1.91. The quantitative estimate of drug-likeness (QED) is 0.438. The predicted octanol–water partition coefficient (Wildman–Crippen LogP) is 4.72. The van der Waals surface area contributed by atoms with Crippen molar-refractivity contribution in [3.05, 3.63) is 6.61 Å². The molecule has 0 heterocycles. The molecule has 0 aliphatic rings. The molecule has 1 radical (unpaired) electrons. The lowest BCUT2D eigenvalue weighted by molar-refractivity contribution is 0.186. The number of hydrogen-bond acceptors (Lipinski definition) is 1. The Bertz CT molecular complexity index is 79.2. The van der Waals surface area contributed by atoms with Gasteiger partial charge in [0.2, 0.25) is 0 Å². The van der Waals surface area contributed by atoms with E-state index in [1.807, 2.05) is 6.61 Å². The van der Waals surface area contributed by atoms with Gasteiger partial charge in [0.25, 0.3) is 0 Å². The lowest BCUT2D eigenvalue weighted by Crippen LogP contribution is -1.91. The average molecular weight is 199 g/mol. The monoisotopic (exact) mass is 199 g/mol. The van der Waals surface area contributed by atoms with Crippen LogP contribution in [0, 0.1) is 6.61 Å². The van der Waals surface area contributed by atoms with Crippen molar-refractivity contribution in [3.63, 3.8) is 0 Å². The molecule has 85 valence electrons. The molecule has 0 aromatic carbocycles. The average Bonchev–Trinajstić information content (AvgIpc) is 2.21. The van der Waals surface area contributed by atoms with Crippen LogP contribution in [0.15, 0.2) is 0 Å². The van der Waals surface area contributed by atoms with Crippen molar-refractivity contribution in [3.8, 4) is 0 Å². The minimum absolute atomic E-state index is 0.909. The molecule has 0 aliphatic heterocycles. The summed E-state index contributed by atoms with van der Waals surface area (Å²) >= 11 is 0. The summed E-state index contributed by atoms with van der Waals surface area (Å²) in [6.45, 7) is 7.36. The first-order valence-electron chi connectivity index (χ1n) is 6.35. The lowest BCUT2D eigenvalue weighted by Gasteiger charge is -2.02. The van der Waals surface area contributed by atoms with E-state index in [0.29, 0.717) is 0 Å². The van der Waals surface area contributed by atoms with Crippen LogP contribution < -0.4 is 0 Å². The summed E-state index contributed by atoms with van der Waals surface area (Å²) in [5.41, 5.74) is 0. The second kappa shape index (κ2) is 13.0. The summed E-state index contributed by atoms with van der Waals surface area (Å²) in [6.07, 6.45) is 11.8. The number of ether oxygens (including phenoxy) is 1. The first kappa shape index (κ1) is 14.0. The molecule has 1 nitrogen and oxygen atoms in total. The Morgan fingerprint density at radius 1 is 0.786 bits per heavy atom. The Morgan fingerprint density at radius 3 is 2.14 bits per heavy atom. The zero-order valence-electron chi connectivity index (χ0n) is 10.1. The Morgan fingerprint density at radius 2 is 1.43 bits per heavy atom. The third-order valence-corrected chi connectivity index (χ3v) is 2.41. The fourth-order valence-corrected chi connectivity index (χ4v) is 1.40. The van der Waals surface area contributed by atoms with Crippen LogP contribution in [0.2, 0.25) is 0 Å². The van der Waals surface area contributed by atoms with Gasteiger partial charge in [-0.25, -0.2) is 0 Å². The smallest absolute Gasteiger partial charge is 0.0836 e. The molecule has 0 amide bonds. The predicted molar refractivity (Wildman–Crippen MR) is 63.2 cm³/mol. The number of hydrogen-bond donors (Lipinski definition) is 0. The van der Waals surface area contributed by atoms with Gasteiger partial charge in [0.15, 0.2) is 0 Å². The third kappa shape index (κ3) is 12.0. The summed E-state index contributed by atoms with van der Waals surface area (Å²) in [5.74, 6) is 0. The van der Waals surface area contributed by atoms with Crippen molar-refractivity contribution in [2.45, 2.75) is 71.6 Å². The SMILES string of the molecule is CCCCCCCC[CH]OCCCC. The number of rotatable bonds is 11. The molecule has 0 bridgehead atoms. The highest BCUT2D eigenvalue weighted by atomic mass is 16.5. The maximum Gasteiger partial charge on any atom is 0.0836 e. The fraction of sp³-hybridized carbons (Fsp3) is 0.923. The normalized spacial score (nSPS) is 10.7. The van der Waals surface area contributed by atoms with Gasteiger partial charge in [-0.2, -0.15) is 0 Å². The van der Waals surface area contributed by atoms with Crippen molar-refractivity contribution in [2.75, 3.05) is 6.61 Å². The van der Waals surface area contributed by atoms with Gasteiger partial charge in [0, 0.05) is 6.61 Å². The Hall–Kier alpha value is -0.0400. The molecule has 0 atom stereocenters. The summed E-state index contributed by atoms with van der Waals surface area (Å²) in [6, 6.07) is 0. The van der Waals surface area contributed by atoms with Gasteiger partial charge in [-0.15, -0.1) is 0 Å². The van der Waals surface area contributed by atoms with Gasteiger partial charge in [-0.1, -0.05) is 58.8 Å². The third-order valence-electron chi connectivity index (χ3n) is 2.41. The van der Waals surface area contributed by atoms with Crippen molar-refractivity contribution in [2.24, 2.45) is 0 Å². The Labute approximate surface area is 90.2 Å². The van der Waals surface area contributed by atoms with Crippen molar-refractivity contribution in [1.82, 2.24) is 0 Å². The van der Waals surface area contributed by atoms with Crippen LogP contribution in [-0.4, -0.2) is 6.61 Å². The van der Waals surface area contributed by atoms with E-state index >= 15 is 0 Å². The molecule has 14 heavy (non-hydrogen) atoms. The summed E-state index contributed by atoms with van der Waals surface area (Å²) in [5, 5.41) is 0. The van der Waals surface area contributed by atoms with Gasteiger partial charge in [0.05, 0.1) is 6.61 Å². The molecule has 0 aromatic rings. The maximum atomic E-state index is 5.38. The van der Waals surface area contributed by atoms with E-state index in [1.54, 1.807) is 0 Å². The van der Waals surface area contributed by atoms with E-state index in [-0.39, 0.29) is 0 Å².